The number of anilines is 2. The van der Waals surface area contributed by atoms with Gasteiger partial charge in [0.1, 0.15) is 5.58 Å². The molecule has 1 aliphatic rings. The van der Waals surface area contributed by atoms with Gasteiger partial charge in [0, 0.05) is 19.2 Å². The number of para-hydroxylation sites is 3. The van der Waals surface area contributed by atoms with E-state index in [2.05, 4.69) is 10.2 Å². The van der Waals surface area contributed by atoms with Crippen LogP contribution in [0.4, 0.5) is 11.4 Å². The molecule has 1 fully saturated rings. The van der Waals surface area contributed by atoms with Crippen molar-refractivity contribution in [2.75, 3.05) is 23.3 Å². The van der Waals surface area contributed by atoms with Crippen LogP contribution >= 0.6 is 0 Å². The summed E-state index contributed by atoms with van der Waals surface area (Å²) in [5, 5.41) is 3.37. The molecular formula is C21H20N2O3. The van der Waals surface area contributed by atoms with Crippen LogP contribution in [0.1, 0.15) is 29.8 Å². The highest BCUT2D eigenvalue weighted by atomic mass is 16.3. The molecule has 1 aromatic heterocycles. The number of fused-ring (bicyclic) bond motifs is 1. The Balaban J connectivity index is 1.64. The van der Waals surface area contributed by atoms with Gasteiger partial charge in [-0.3, -0.25) is 9.59 Å². The Morgan fingerprint density at radius 3 is 2.54 bits per heavy atom. The molecule has 1 amide bonds. The van der Waals surface area contributed by atoms with Gasteiger partial charge in [0.15, 0.2) is 11.2 Å². The summed E-state index contributed by atoms with van der Waals surface area (Å²) in [7, 11) is 0. The zero-order valence-electron chi connectivity index (χ0n) is 14.4. The van der Waals surface area contributed by atoms with Crippen LogP contribution in [0.5, 0.6) is 0 Å². The third-order valence-electron chi connectivity index (χ3n) is 4.71. The second-order valence-electron chi connectivity index (χ2n) is 6.49. The fourth-order valence-electron chi connectivity index (χ4n) is 3.39. The fraction of sp³-hybridized carbons (Fsp3) is 0.238. The maximum atomic E-state index is 12.7. The Bertz CT molecular complexity index is 1000. The topological polar surface area (TPSA) is 62.6 Å². The third-order valence-corrected chi connectivity index (χ3v) is 4.71. The molecule has 26 heavy (non-hydrogen) atoms. The van der Waals surface area contributed by atoms with Crippen LogP contribution in [0, 0.1) is 0 Å². The first-order valence-corrected chi connectivity index (χ1v) is 8.90. The van der Waals surface area contributed by atoms with Gasteiger partial charge in [-0.05, 0) is 43.5 Å². The number of carbonyl (C=O) groups excluding carboxylic acids is 1. The van der Waals surface area contributed by atoms with Crippen molar-refractivity contribution in [1.29, 1.82) is 0 Å². The maximum absolute atomic E-state index is 12.7. The minimum Gasteiger partial charge on any atom is -0.451 e. The molecule has 0 aliphatic carbocycles. The predicted octanol–water partition coefficient (Wildman–Crippen LogP) is 4.04. The van der Waals surface area contributed by atoms with Crippen molar-refractivity contribution in [3.05, 3.63) is 70.6 Å². The van der Waals surface area contributed by atoms with E-state index in [9.17, 15) is 9.59 Å². The van der Waals surface area contributed by atoms with Crippen molar-refractivity contribution < 1.29 is 9.21 Å². The Kier molecular flexibility index (Phi) is 4.44. The van der Waals surface area contributed by atoms with Crippen molar-refractivity contribution in [3.63, 3.8) is 0 Å². The number of piperidine rings is 1. The number of hydrogen-bond donors (Lipinski definition) is 1. The molecule has 0 atom stereocenters. The highest BCUT2D eigenvalue weighted by Crippen LogP contribution is 2.28. The lowest BCUT2D eigenvalue weighted by molar-refractivity contribution is 0.0997. The van der Waals surface area contributed by atoms with Crippen LogP contribution < -0.4 is 15.6 Å². The molecule has 1 N–H and O–H groups in total. The third kappa shape index (κ3) is 3.20. The Morgan fingerprint density at radius 1 is 0.962 bits per heavy atom. The predicted molar refractivity (Wildman–Crippen MR) is 103 cm³/mol. The first-order valence-electron chi connectivity index (χ1n) is 8.90. The summed E-state index contributed by atoms with van der Waals surface area (Å²) in [6.45, 7) is 1.97. The van der Waals surface area contributed by atoms with Gasteiger partial charge in [0.25, 0.3) is 5.91 Å². The zero-order valence-corrected chi connectivity index (χ0v) is 14.4. The molecule has 0 spiro atoms. The fourth-order valence-corrected chi connectivity index (χ4v) is 3.39. The van der Waals surface area contributed by atoms with E-state index in [1.54, 1.807) is 24.3 Å². The summed E-state index contributed by atoms with van der Waals surface area (Å²) in [6.07, 6.45) is 3.55. The normalized spacial score (nSPS) is 14.4. The van der Waals surface area contributed by atoms with Crippen LogP contribution in [-0.4, -0.2) is 19.0 Å². The van der Waals surface area contributed by atoms with E-state index in [1.807, 2.05) is 24.3 Å². The van der Waals surface area contributed by atoms with Gasteiger partial charge in [0.2, 0.25) is 0 Å². The standard InChI is InChI=1S/C21H20N2O3/c24-18-14-20(26-19-11-5-2-8-15(18)19)21(25)22-16-9-3-4-10-17(16)23-12-6-1-7-13-23/h2-5,8-11,14H,1,6-7,12-13H2,(H,22,25). The van der Waals surface area contributed by atoms with Crippen molar-refractivity contribution in [1.82, 2.24) is 0 Å². The molecule has 0 unspecified atom stereocenters. The number of carbonyl (C=O) groups is 1. The summed E-state index contributed by atoms with van der Waals surface area (Å²) in [5.41, 5.74) is 1.93. The monoisotopic (exact) mass is 348 g/mol. The van der Waals surface area contributed by atoms with Crippen molar-refractivity contribution in [3.8, 4) is 0 Å². The number of amides is 1. The van der Waals surface area contributed by atoms with E-state index in [0.717, 1.165) is 37.3 Å². The van der Waals surface area contributed by atoms with E-state index >= 15 is 0 Å². The minimum atomic E-state index is -0.419. The summed E-state index contributed by atoms with van der Waals surface area (Å²) in [5.74, 6) is -0.403. The molecule has 0 bridgehead atoms. The Labute approximate surface area is 151 Å². The van der Waals surface area contributed by atoms with Gasteiger partial charge in [-0.15, -0.1) is 0 Å². The average Bonchev–Trinajstić information content (AvgIpc) is 2.69. The van der Waals surface area contributed by atoms with E-state index in [-0.39, 0.29) is 11.2 Å². The number of rotatable bonds is 3. The SMILES string of the molecule is O=C(Nc1ccccc1N1CCCCC1)c1cc(=O)c2ccccc2o1. The van der Waals surface area contributed by atoms with Gasteiger partial charge in [-0.1, -0.05) is 24.3 Å². The number of nitrogens with one attached hydrogen (secondary N) is 1. The highest BCUT2D eigenvalue weighted by Gasteiger charge is 2.17. The zero-order chi connectivity index (χ0) is 17.9. The van der Waals surface area contributed by atoms with Crippen molar-refractivity contribution in [2.45, 2.75) is 19.3 Å². The quantitative estimate of drug-likeness (QED) is 0.776. The van der Waals surface area contributed by atoms with E-state index < -0.39 is 5.91 Å². The van der Waals surface area contributed by atoms with Crippen molar-refractivity contribution in [2.24, 2.45) is 0 Å². The molecule has 3 aromatic rings. The molecule has 1 saturated heterocycles. The molecule has 1 aliphatic heterocycles. The van der Waals surface area contributed by atoms with E-state index in [0.29, 0.717) is 11.0 Å². The molecule has 2 heterocycles. The highest BCUT2D eigenvalue weighted by molar-refractivity contribution is 6.04. The van der Waals surface area contributed by atoms with Crippen LogP contribution in [0.15, 0.2) is 63.8 Å². The Morgan fingerprint density at radius 2 is 1.69 bits per heavy atom. The van der Waals surface area contributed by atoms with Crippen LogP contribution in [0.3, 0.4) is 0 Å². The first-order chi connectivity index (χ1) is 12.7. The lowest BCUT2D eigenvalue weighted by Crippen LogP contribution is -2.30. The average molecular weight is 348 g/mol. The molecule has 0 radical (unpaired) electrons. The van der Waals surface area contributed by atoms with Gasteiger partial charge >= 0.3 is 0 Å². The molecule has 5 nitrogen and oxygen atoms in total. The Hall–Kier alpha value is -3.08. The molecule has 2 aromatic carbocycles. The van der Waals surface area contributed by atoms with Gasteiger partial charge in [0.05, 0.1) is 16.8 Å². The maximum Gasteiger partial charge on any atom is 0.291 e. The molecular weight excluding hydrogens is 328 g/mol. The molecule has 5 heteroatoms. The van der Waals surface area contributed by atoms with E-state index in [4.69, 9.17) is 4.42 Å². The number of benzene rings is 2. The first kappa shape index (κ1) is 16.4. The molecule has 0 saturated carbocycles. The largest absolute Gasteiger partial charge is 0.451 e. The lowest BCUT2D eigenvalue weighted by atomic mass is 10.1. The number of hydrogen-bond acceptors (Lipinski definition) is 4. The summed E-state index contributed by atoms with van der Waals surface area (Å²) >= 11 is 0. The van der Waals surface area contributed by atoms with Crippen molar-refractivity contribution >= 4 is 28.3 Å². The van der Waals surface area contributed by atoms with Gasteiger partial charge in [-0.2, -0.15) is 0 Å². The smallest absolute Gasteiger partial charge is 0.291 e. The lowest BCUT2D eigenvalue weighted by Gasteiger charge is -2.30. The summed E-state index contributed by atoms with van der Waals surface area (Å²) < 4.78 is 5.64. The second-order valence-corrected chi connectivity index (χ2v) is 6.49. The summed E-state index contributed by atoms with van der Waals surface area (Å²) in [4.78, 5) is 27.2. The molecule has 4 rings (SSSR count). The van der Waals surface area contributed by atoms with Crippen LogP contribution in [0.25, 0.3) is 11.0 Å². The second kappa shape index (κ2) is 7.04. The summed E-state index contributed by atoms with van der Waals surface area (Å²) in [6, 6.07) is 15.9. The van der Waals surface area contributed by atoms with Crippen LogP contribution in [-0.2, 0) is 0 Å². The van der Waals surface area contributed by atoms with Crippen LogP contribution in [0.2, 0.25) is 0 Å². The minimum absolute atomic E-state index is 0.0159. The van der Waals surface area contributed by atoms with E-state index in [1.165, 1.54) is 12.5 Å². The van der Waals surface area contributed by atoms with Gasteiger partial charge in [-0.25, -0.2) is 0 Å². The molecule has 132 valence electrons. The number of nitrogens with zero attached hydrogens (tertiary/aromatic N) is 1. The van der Waals surface area contributed by atoms with Gasteiger partial charge < -0.3 is 14.6 Å².